The smallest absolute Gasteiger partial charge is 0.182 e. The minimum Gasteiger partial charge on any atom is -0.321 e. The van der Waals surface area contributed by atoms with E-state index in [1.807, 2.05) is 0 Å². The first-order valence-electron chi connectivity index (χ1n) is 24.1. The first-order valence-corrected chi connectivity index (χ1v) is 24.1. The van der Waals surface area contributed by atoms with Crippen molar-refractivity contribution in [3.63, 3.8) is 0 Å². The first kappa shape index (κ1) is 40.2. The number of fused-ring (bicyclic) bond motifs is 8. The summed E-state index contributed by atoms with van der Waals surface area (Å²) < 4.78 is 0. The van der Waals surface area contributed by atoms with Crippen LogP contribution in [0.1, 0.15) is 41.9 Å². The molecular formula is C65H45N5. The Morgan fingerprint density at radius 2 is 1.01 bits per heavy atom. The summed E-state index contributed by atoms with van der Waals surface area (Å²) >= 11 is 0. The van der Waals surface area contributed by atoms with Crippen LogP contribution in [-0.2, 0) is 5.41 Å². The summed E-state index contributed by atoms with van der Waals surface area (Å²) in [6.07, 6.45) is 6.47. The molecule has 3 aliphatic rings. The fraction of sp³-hybridized carbons (Fsp3) is 0.0615. The molecule has 10 aromatic carbocycles. The predicted molar refractivity (Wildman–Crippen MR) is 290 cm³/mol. The number of para-hydroxylation sites is 1. The summed E-state index contributed by atoms with van der Waals surface area (Å²) in [7, 11) is 0. The van der Waals surface area contributed by atoms with E-state index in [-0.39, 0.29) is 5.41 Å². The molecule has 0 saturated heterocycles. The average Bonchev–Trinajstić information content (AvgIpc) is 3.87. The van der Waals surface area contributed by atoms with Crippen LogP contribution in [0.4, 0.5) is 5.69 Å². The van der Waals surface area contributed by atoms with Crippen molar-refractivity contribution in [3.8, 4) is 33.6 Å². The van der Waals surface area contributed by atoms with Gasteiger partial charge in [-0.2, -0.15) is 0 Å². The molecule has 3 heterocycles. The number of anilines is 1. The average molecular weight is 896 g/mol. The second-order valence-electron chi connectivity index (χ2n) is 19.1. The monoisotopic (exact) mass is 895 g/mol. The van der Waals surface area contributed by atoms with Gasteiger partial charge in [0.05, 0.1) is 5.70 Å². The molecule has 1 aliphatic carbocycles. The number of benzene rings is 10. The Bertz CT molecular complexity index is 4000. The third-order valence-corrected chi connectivity index (χ3v) is 14.9. The molecule has 0 saturated carbocycles. The van der Waals surface area contributed by atoms with E-state index in [2.05, 4.69) is 242 Å². The third kappa shape index (κ3) is 6.01. The van der Waals surface area contributed by atoms with Crippen molar-refractivity contribution in [3.05, 3.63) is 259 Å². The number of aromatic nitrogens is 3. The van der Waals surface area contributed by atoms with E-state index >= 15 is 0 Å². The summed E-state index contributed by atoms with van der Waals surface area (Å²) in [5.41, 5.74) is 14.8. The molecule has 0 unspecified atom stereocenters. The highest BCUT2D eigenvalue weighted by atomic mass is 15.4. The molecule has 0 amide bonds. The van der Waals surface area contributed by atoms with Gasteiger partial charge in [-0.05, 0) is 124 Å². The van der Waals surface area contributed by atoms with Crippen molar-refractivity contribution >= 4 is 65.7 Å². The van der Waals surface area contributed by atoms with Crippen LogP contribution in [0.15, 0.2) is 231 Å². The van der Waals surface area contributed by atoms with Crippen molar-refractivity contribution in [2.45, 2.75) is 19.3 Å². The molecular weight excluding hydrogens is 851 g/mol. The van der Waals surface area contributed by atoms with E-state index in [1.165, 1.54) is 71.4 Å². The van der Waals surface area contributed by atoms with Gasteiger partial charge in [0.25, 0.3) is 0 Å². The fourth-order valence-corrected chi connectivity index (χ4v) is 11.8. The van der Waals surface area contributed by atoms with Gasteiger partial charge in [-0.15, -0.1) is 0 Å². The lowest BCUT2D eigenvalue weighted by molar-refractivity contribution is 0.548. The maximum absolute atomic E-state index is 5.67. The van der Waals surface area contributed by atoms with Gasteiger partial charge in [0.1, 0.15) is 17.8 Å². The second kappa shape index (κ2) is 15.6. The SMILES string of the molecule is CC1(C)c2ccccc2-c2cc3c(-c4ccccc4)c4ccccc4c(-c4ncnc(C5=C(c6ccccc6)N6CC=C(c7c8ccccc8cc8ccccc78)C=C6N5c5ccccc5)n4)c3cc21. The molecule has 0 N–H and O–H groups in total. The van der Waals surface area contributed by atoms with Crippen LogP contribution in [0.5, 0.6) is 0 Å². The van der Waals surface area contributed by atoms with E-state index in [4.69, 9.17) is 15.0 Å². The Balaban J connectivity index is 1.03. The highest BCUT2D eigenvalue weighted by molar-refractivity contribution is 6.22. The lowest BCUT2D eigenvalue weighted by atomic mass is 9.80. The molecule has 14 rings (SSSR count). The fourth-order valence-electron chi connectivity index (χ4n) is 11.8. The molecule has 5 nitrogen and oxygen atoms in total. The maximum atomic E-state index is 5.67. The molecule has 11 aromatic rings. The quantitative estimate of drug-likeness (QED) is 0.156. The van der Waals surface area contributed by atoms with Gasteiger partial charge in [-0.25, -0.2) is 15.0 Å². The molecule has 1 aromatic heterocycles. The van der Waals surface area contributed by atoms with E-state index in [9.17, 15) is 0 Å². The summed E-state index contributed by atoms with van der Waals surface area (Å²) in [6.45, 7) is 5.35. The zero-order chi connectivity index (χ0) is 46.5. The Morgan fingerprint density at radius 3 is 1.73 bits per heavy atom. The van der Waals surface area contributed by atoms with Crippen LogP contribution in [0.25, 0.3) is 93.7 Å². The van der Waals surface area contributed by atoms with Crippen LogP contribution in [0.3, 0.4) is 0 Å². The lowest BCUT2D eigenvalue weighted by Crippen LogP contribution is -2.28. The molecule has 70 heavy (non-hydrogen) atoms. The van der Waals surface area contributed by atoms with Gasteiger partial charge in [0, 0.05) is 28.8 Å². The lowest BCUT2D eigenvalue weighted by Gasteiger charge is -2.30. The Labute approximate surface area is 406 Å². The van der Waals surface area contributed by atoms with Crippen LogP contribution >= 0.6 is 0 Å². The largest absolute Gasteiger partial charge is 0.321 e. The van der Waals surface area contributed by atoms with Gasteiger partial charge >= 0.3 is 0 Å². The molecule has 0 radical (unpaired) electrons. The van der Waals surface area contributed by atoms with E-state index < -0.39 is 0 Å². The summed E-state index contributed by atoms with van der Waals surface area (Å²) in [4.78, 5) is 20.8. The second-order valence-corrected chi connectivity index (χ2v) is 19.1. The number of nitrogens with zero attached hydrogens (tertiary/aromatic N) is 5. The first-order chi connectivity index (χ1) is 34.5. The topological polar surface area (TPSA) is 45.2 Å². The highest BCUT2D eigenvalue weighted by Crippen LogP contribution is 2.54. The van der Waals surface area contributed by atoms with Gasteiger partial charge in [0.2, 0.25) is 0 Å². The molecule has 0 bridgehead atoms. The standard InChI is InChI=1S/C65H45N5/c1-65(2)55-33-19-18-30-49(55)52-38-53-54(39-56(52)65)60(51-32-17-16-31-50(51)58(53)41-20-6-3-7-21-41)63-66-40-67-64(68-63)62-61(42-22-8-4-9-23-42)69-35-34-45(37-57(69)70(62)46-26-10-5-11-27-46)59-47-28-14-12-24-43(47)36-44-25-13-15-29-48(44)59/h3-34,36-40H,35H2,1-2H3. The zero-order valence-electron chi connectivity index (χ0n) is 38.8. The van der Waals surface area contributed by atoms with Crippen molar-refractivity contribution in [1.29, 1.82) is 0 Å². The van der Waals surface area contributed by atoms with Crippen molar-refractivity contribution in [2.24, 2.45) is 0 Å². The molecule has 330 valence electrons. The number of hydrogen-bond donors (Lipinski definition) is 0. The van der Waals surface area contributed by atoms with Gasteiger partial charge < -0.3 is 4.90 Å². The van der Waals surface area contributed by atoms with Crippen LogP contribution in [0.2, 0.25) is 0 Å². The molecule has 0 atom stereocenters. The number of hydrogen-bond acceptors (Lipinski definition) is 5. The van der Waals surface area contributed by atoms with Crippen LogP contribution in [-0.4, -0.2) is 26.4 Å². The molecule has 0 fully saturated rings. The van der Waals surface area contributed by atoms with Crippen molar-refractivity contribution in [1.82, 2.24) is 19.9 Å². The van der Waals surface area contributed by atoms with E-state index in [1.54, 1.807) is 6.33 Å². The predicted octanol–water partition coefficient (Wildman–Crippen LogP) is 15.7. The van der Waals surface area contributed by atoms with Crippen LogP contribution < -0.4 is 4.90 Å². The molecule has 0 spiro atoms. The van der Waals surface area contributed by atoms with Crippen molar-refractivity contribution < 1.29 is 0 Å². The third-order valence-electron chi connectivity index (χ3n) is 14.9. The Kier molecular flexibility index (Phi) is 8.93. The van der Waals surface area contributed by atoms with Gasteiger partial charge in [-0.3, -0.25) is 4.90 Å². The zero-order valence-corrected chi connectivity index (χ0v) is 38.8. The number of rotatable bonds is 6. The summed E-state index contributed by atoms with van der Waals surface area (Å²) in [5, 5.41) is 9.45. The van der Waals surface area contributed by atoms with E-state index in [0.717, 1.165) is 50.2 Å². The minimum atomic E-state index is -0.209. The molecule has 2 aliphatic heterocycles. The van der Waals surface area contributed by atoms with E-state index in [0.29, 0.717) is 18.2 Å². The van der Waals surface area contributed by atoms with Gasteiger partial charge in [0.15, 0.2) is 11.6 Å². The summed E-state index contributed by atoms with van der Waals surface area (Å²) in [5.74, 6) is 2.27. The highest BCUT2D eigenvalue weighted by Gasteiger charge is 2.40. The Hall–Kier alpha value is -8.93. The Morgan fingerprint density at radius 1 is 0.443 bits per heavy atom. The molecule has 5 heteroatoms. The van der Waals surface area contributed by atoms with Gasteiger partial charge in [-0.1, -0.05) is 196 Å². The van der Waals surface area contributed by atoms with Crippen LogP contribution in [0, 0.1) is 0 Å². The normalized spacial score (nSPS) is 14.8. The number of allylic oxidation sites excluding steroid dienone is 2. The summed E-state index contributed by atoms with van der Waals surface area (Å²) in [6, 6.07) is 74.6. The minimum absolute atomic E-state index is 0.209. The maximum Gasteiger partial charge on any atom is 0.182 e. The van der Waals surface area contributed by atoms with Crippen molar-refractivity contribution in [2.75, 3.05) is 11.4 Å².